The fourth-order valence-corrected chi connectivity index (χ4v) is 0.830. The van der Waals surface area contributed by atoms with Crippen molar-refractivity contribution in [3.05, 3.63) is 11.6 Å². The Morgan fingerprint density at radius 2 is 2.07 bits per heavy atom. The SMILES string of the molecule is C/C=C(\CNC(C)C(C)=O)C(=O)OC. The summed E-state index contributed by atoms with van der Waals surface area (Å²) in [6.07, 6.45) is 1.67. The van der Waals surface area contributed by atoms with E-state index in [0.717, 1.165) is 0 Å². The maximum atomic E-state index is 11.1. The smallest absolute Gasteiger partial charge is 0.334 e. The van der Waals surface area contributed by atoms with Gasteiger partial charge in [-0.3, -0.25) is 4.79 Å². The lowest BCUT2D eigenvalue weighted by atomic mass is 10.2. The van der Waals surface area contributed by atoms with Crippen LogP contribution in [0.5, 0.6) is 0 Å². The number of allylic oxidation sites excluding steroid dienone is 1. The molecule has 0 saturated carbocycles. The van der Waals surface area contributed by atoms with Crippen molar-refractivity contribution in [3.63, 3.8) is 0 Å². The Balaban J connectivity index is 4.10. The van der Waals surface area contributed by atoms with E-state index in [0.29, 0.717) is 12.1 Å². The first-order valence-electron chi connectivity index (χ1n) is 4.50. The van der Waals surface area contributed by atoms with Gasteiger partial charge >= 0.3 is 5.97 Å². The molecule has 0 saturated heterocycles. The molecular formula is C10H17NO3. The van der Waals surface area contributed by atoms with E-state index in [1.807, 2.05) is 0 Å². The first-order chi connectivity index (χ1) is 6.52. The molecule has 0 rings (SSSR count). The van der Waals surface area contributed by atoms with Crippen molar-refractivity contribution in [2.75, 3.05) is 13.7 Å². The van der Waals surface area contributed by atoms with Gasteiger partial charge in [0.2, 0.25) is 0 Å². The number of Topliss-reactive ketones (excluding diaryl/α,β-unsaturated/α-hetero) is 1. The summed E-state index contributed by atoms with van der Waals surface area (Å²) >= 11 is 0. The van der Waals surface area contributed by atoms with Crippen LogP contribution in [0.25, 0.3) is 0 Å². The molecule has 14 heavy (non-hydrogen) atoms. The van der Waals surface area contributed by atoms with E-state index < -0.39 is 0 Å². The number of esters is 1. The Morgan fingerprint density at radius 1 is 1.50 bits per heavy atom. The Morgan fingerprint density at radius 3 is 2.43 bits per heavy atom. The van der Waals surface area contributed by atoms with Crippen molar-refractivity contribution in [2.45, 2.75) is 26.8 Å². The van der Waals surface area contributed by atoms with Crippen molar-refractivity contribution in [1.29, 1.82) is 0 Å². The number of methoxy groups -OCH3 is 1. The molecule has 0 amide bonds. The molecule has 80 valence electrons. The molecule has 0 aromatic rings. The summed E-state index contributed by atoms with van der Waals surface area (Å²) in [6, 6.07) is -0.241. The molecule has 0 aliphatic heterocycles. The summed E-state index contributed by atoms with van der Waals surface area (Å²) in [6.45, 7) is 5.37. The molecule has 1 unspecified atom stereocenters. The van der Waals surface area contributed by atoms with E-state index >= 15 is 0 Å². The maximum Gasteiger partial charge on any atom is 0.334 e. The van der Waals surface area contributed by atoms with Crippen LogP contribution in [0.3, 0.4) is 0 Å². The zero-order chi connectivity index (χ0) is 11.1. The minimum atomic E-state index is -0.365. The highest BCUT2D eigenvalue weighted by molar-refractivity contribution is 5.89. The van der Waals surface area contributed by atoms with Gasteiger partial charge in [-0.25, -0.2) is 4.79 Å². The molecule has 0 aliphatic rings. The molecule has 0 heterocycles. The normalized spacial score (nSPS) is 13.6. The second kappa shape index (κ2) is 6.32. The number of carbonyl (C=O) groups excluding carboxylic acids is 2. The van der Waals surface area contributed by atoms with Gasteiger partial charge in [0, 0.05) is 12.1 Å². The molecule has 1 atom stereocenters. The quantitative estimate of drug-likeness (QED) is 0.522. The Kier molecular flexibility index (Phi) is 5.79. The van der Waals surface area contributed by atoms with Gasteiger partial charge in [-0.1, -0.05) is 6.08 Å². The van der Waals surface area contributed by atoms with Crippen LogP contribution >= 0.6 is 0 Å². The number of ether oxygens (including phenoxy) is 1. The van der Waals surface area contributed by atoms with Crippen molar-refractivity contribution in [3.8, 4) is 0 Å². The van der Waals surface area contributed by atoms with E-state index in [2.05, 4.69) is 10.1 Å². The van der Waals surface area contributed by atoms with Crippen molar-refractivity contribution >= 4 is 11.8 Å². The molecular weight excluding hydrogens is 182 g/mol. The molecule has 1 N–H and O–H groups in total. The summed E-state index contributed by atoms with van der Waals surface area (Å²) in [5.41, 5.74) is 0.528. The first kappa shape index (κ1) is 12.8. The molecule has 4 nitrogen and oxygen atoms in total. The van der Waals surface area contributed by atoms with Crippen LogP contribution in [0.1, 0.15) is 20.8 Å². The molecule has 0 aromatic carbocycles. The van der Waals surface area contributed by atoms with Gasteiger partial charge in [-0.15, -0.1) is 0 Å². The predicted octanol–water partition coefficient (Wildman–Crippen LogP) is 0.673. The lowest BCUT2D eigenvalue weighted by Crippen LogP contribution is -2.35. The molecule has 0 aromatic heterocycles. The van der Waals surface area contributed by atoms with Crippen LogP contribution in [-0.4, -0.2) is 31.4 Å². The van der Waals surface area contributed by atoms with Gasteiger partial charge in [0.25, 0.3) is 0 Å². The Labute approximate surface area is 84.3 Å². The number of ketones is 1. The van der Waals surface area contributed by atoms with Crippen LogP contribution < -0.4 is 5.32 Å². The first-order valence-corrected chi connectivity index (χ1v) is 4.50. The zero-order valence-corrected chi connectivity index (χ0v) is 9.09. The van der Waals surface area contributed by atoms with Gasteiger partial charge in [-0.2, -0.15) is 0 Å². The van der Waals surface area contributed by atoms with Crippen LogP contribution in [0, 0.1) is 0 Å². The highest BCUT2D eigenvalue weighted by Crippen LogP contribution is 1.96. The predicted molar refractivity (Wildman–Crippen MR) is 53.9 cm³/mol. The molecule has 0 aliphatic carbocycles. The summed E-state index contributed by atoms with van der Waals surface area (Å²) < 4.78 is 4.56. The van der Waals surface area contributed by atoms with Crippen molar-refractivity contribution in [2.24, 2.45) is 0 Å². The number of hydrogen-bond donors (Lipinski definition) is 1. The van der Waals surface area contributed by atoms with Crippen LogP contribution in [0.2, 0.25) is 0 Å². The number of nitrogens with one attached hydrogen (secondary N) is 1. The Bertz CT molecular complexity index is 246. The van der Waals surface area contributed by atoms with E-state index in [1.165, 1.54) is 14.0 Å². The lowest BCUT2D eigenvalue weighted by molar-refractivity contribution is -0.136. The second-order valence-electron chi connectivity index (χ2n) is 3.02. The molecule has 0 radical (unpaired) electrons. The monoisotopic (exact) mass is 199 g/mol. The van der Waals surface area contributed by atoms with Crippen LogP contribution in [-0.2, 0) is 14.3 Å². The highest BCUT2D eigenvalue weighted by Gasteiger charge is 2.11. The molecule has 4 heteroatoms. The van der Waals surface area contributed by atoms with E-state index in [-0.39, 0.29) is 17.8 Å². The summed E-state index contributed by atoms with van der Waals surface area (Å²) in [5, 5.41) is 2.93. The Hall–Kier alpha value is -1.16. The lowest BCUT2D eigenvalue weighted by Gasteiger charge is -2.11. The maximum absolute atomic E-state index is 11.1. The largest absolute Gasteiger partial charge is 0.466 e. The average molecular weight is 199 g/mol. The standard InChI is InChI=1S/C10H17NO3/c1-5-9(10(13)14-4)6-11-7(2)8(3)12/h5,7,11H,6H2,1-4H3/b9-5+. The summed E-state index contributed by atoms with van der Waals surface area (Å²) in [7, 11) is 1.33. The summed E-state index contributed by atoms with van der Waals surface area (Å²) in [4.78, 5) is 22.0. The van der Waals surface area contributed by atoms with Crippen molar-refractivity contribution in [1.82, 2.24) is 5.32 Å². The molecule has 0 bridgehead atoms. The average Bonchev–Trinajstić information content (AvgIpc) is 2.17. The molecule has 0 fully saturated rings. The third-order valence-electron chi connectivity index (χ3n) is 2.00. The number of carbonyl (C=O) groups is 2. The third kappa shape index (κ3) is 4.18. The fourth-order valence-electron chi connectivity index (χ4n) is 0.830. The van der Waals surface area contributed by atoms with Gasteiger partial charge in [0.1, 0.15) is 5.78 Å². The second-order valence-corrected chi connectivity index (χ2v) is 3.02. The van der Waals surface area contributed by atoms with Gasteiger partial charge < -0.3 is 10.1 Å². The van der Waals surface area contributed by atoms with Gasteiger partial charge in [-0.05, 0) is 20.8 Å². The summed E-state index contributed by atoms with van der Waals surface area (Å²) in [5.74, 6) is -0.318. The molecule has 0 spiro atoms. The van der Waals surface area contributed by atoms with E-state index in [9.17, 15) is 9.59 Å². The number of rotatable bonds is 5. The van der Waals surface area contributed by atoms with E-state index in [1.54, 1.807) is 19.9 Å². The zero-order valence-electron chi connectivity index (χ0n) is 9.09. The van der Waals surface area contributed by atoms with Crippen molar-refractivity contribution < 1.29 is 14.3 Å². The minimum Gasteiger partial charge on any atom is -0.466 e. The van der Waals surface area contributed by atoms with Crippen LogP contribution in [0.4, 0.5) is 0 Å². The third-order valence-corrected chi connectivity index (χ3v) is 2.00. The minimum absolute atomic E-state index is 0.0466. The van der Waals surface area contributed by atoms with Crippen LogP contribution in [0.15, 0.2) is 11.6 Å². The van der Waals surface area contributed by atoms with Gasteiger partial charge in [0.05, 0.1) is 13.2 Å². The van der Waals surface area contributed by atoms with Gasteiger partial charge in [0.15, 0.2) is 0 Å². The van der Waals surface area contributed by atoms with E-state index in [4.69, 9.17) is 0 Å². The highest BCUT2D eigenvalue weighted by atomic mass is 16.5. The number of hydrogen-bond acceptors (Lipinski definition) is 4. The topological polar surface area (TPSA) is 55.4 Å². The fraction of sp³-hybridized carbons (Fsp3) is 0.600.